The Labute approximate surface area is 147 Å². The zero-order chi connectivity index (χ0) is 17.8. The van der Waals surface area contributed by atoms with Gasteiger partial charge in [0.1, 0.15) is 5.69 Å². The fraction of sp³-hybridized carbons (Fsp3) is 0.143. The molecule has 0 aliphatic carbocycles. The van der Waals surface area contributed by atoms with Crippen LogP contribution < -0.4 is 10.6 Å². The Morgan fingerprint density at radius 2 is 1.60 bits per heavy atom. The Morgan fingerprint density at radius 3 is 2.24 bits per heavy atom. The number of aromatic nitrogens is 1. The molecule has 0 aliphatic rings. The summed E-state index contributed by atoms with van der Waals surface area (Å²) < 4.78 is 0. The zero-order valence-electron chi connectivity index (χ0n) is 14.6. The van der Waals surface area contributed by atoms with E-state index < -0.39 is 0 Å². The van der Waals surface area contributed by atoms with Gasteiger partial charge in [-0.1, -0.05) is 24.3 Å². The van der Waals surface area contributed by atoms with E-state index in [-0.39, 0.29) is 5.91 Å². The maximum absolute atomic E-state index is 12.3. The molecular weight excluding hydrogens is 310 g/mol. The summed E-state index contributed by atoms with van der Waals surface area (Å²) in [7, 11) is 0. The second-order valence-corrected chi connectivity index (χ2v) is 6.20. The van der Waals surface area contributed by atoms with Crippen LogP contribution >= 0.6 is 0 Å². The van der Waals surface area contributed by atoms with Gasteiger partial charge in [0, 0.05) is 11.4 Å². The molecule has 0 fully saturated rings. The average Bonchev–Trinajstić information content (AvgIpc) is 2.56. The quantitative estimate of drug-likeness (QED) is 0.707. The van der Waals surface area contributed by atoms with Crippen molar-refractivity contribution in [1.29, 1.82) is 0 Å². The standard InChI is InChI=1S/C21H21N3O/c1-14-10-15(2)12-18(11-14)23-17-8-9-20(22-13-17)21(25)24-19-7-5-4-6-16(19)3/h4-13,23H,1-3H3,(H,24,25). The van der Waals surface area contributed by atoms with E-state index in [1.54, 1.807) is 12.3 Å². The molecule has 1 aromatic heterocycles. The molecule has 0 saturated carbocycles. The average molecular weight is 331 g/mol. The van der Waals surface area contributed by atoms with Gasteiger partial charge in [-0.05, 0) is 67.8 Å². The van der Waals surface area contributed by atoms with E-state index in [0.717, 1.165) is 22.6 Å². The van der Waals surface area contributed by atoms with E-state index in [1.165, 1.54) is 11.1 Å². The minimum absolute atomic E-state index is 0.216. The number of hydrogen-bond donors (Lipinski definition) is 2. The number of rotatable bonds is 4. The molecule has 0 bridgehead atoms. The molecule has 126 valence electrons. The minimum atomic E-state index is -0.216. The lowest BCUT2D eigenvalue weighted by molar-refractivity contribution is 0.102. The van der Waals surface area contributed by atoms with Gasteiger partial charge in [0.25, 0.3) is 5.91 Å². The molecule has 0 atom stereocenters. The molecule has 1 heterocycles. The van der Waals surface area contributed by atoms with Crippen molar-refractivity contribution in [2.75, 3.05) is 10.6 Å². The first-order valence-corrected chi connectivity index (χ1v) is 8.19. The summed E-state index contributed by atoms with van der Waals surface area (Å²) in [6.45, 7) is 6.09. The first-order chi connectivity index (χ1) is 12.0. The van der Waals surface area contributed by atoms with Gasteiger partial charge < -0.3 is 10.6 Å². The highest BCUT2D eigenvalue weighted by Gasteiger charge is 2.09. The maximum atomic E-state index is 12.3. The van der Waals surface area contributed by atoms with Crippen LogP contribution in [0.4, 0.5) is 17.1 Å². The van der Waals surface area contributed by atoms with Gasteiger partial charge in [0.05, 0.1) is 11.9 Å². The Bertz CT molecular complexity index is 881. The van der Waals surface area contributed by atoms with Crippen LogP contribution in [0.1, 0.15) is 27.2 Å². The van der Waals surface area contributed by atoms with Crippen LogP contribution in [0.3, 0.4) is 0 Å². The number of amides is 1. The zero-order valence-corrected chi connectivity index (χ0v) is 14.6. The number of hydrogen-bond acceptors (Lipinski definition) is 3. The number of pyridine rings is 1. The van der Waals surface area contributed by atoms with Crippen molar-refractivity contribution < 1.29 is 4.79 Å². The first kappa shape index (κ1) is 16.7. The molecule has 3 aromatic rings. The number of carbonyl (C=O) groups excluding carboxylic acids is 1. The van der Waals surface area contributed by atoms with Crippen molar-refractivity contribution in [3.05, 3.63) is 83.2 Å². The summed E-state index contributed by atoms with van der Waals surface area (Å²) in [5.41, 5.74) is 6.45. The highest BCUT2D eigenvalue weighted by Crippen LogP contribution is 2.20. The van der Waals surface area contributed by atoms with Gasteiger partial charge in [0.2, 0.25) is 0 Å². The molecule has 1 amide bonds. The maximum Gasteiger partial charge on any atom is 0.274 e. The number of nitrogens with one attached hydrogen (secondary N) is 2. The van der Waals surface area contributed by atoms with Crippen LogP contribution in [0.2, 0.25) is 0 Å². The van der Waals surface area contributed by atoms with Crippen LogP contribution in [0, 0.1) is 20.8 Å². The normalized spacial score (nSPS) is 10.4. The Kier molecular flexibility index (Phi) is 4.80. The number of benzene rings is 2. The van der Waals surface area contributed by atoms with Gasteiger partial charge in [-0.25, -0.2) is 4.98 Å². The third kappa shape index (κ3) is 4.23. The van der Waals surface area contributed by atoms with Crippen LogP contribution in [0.25, 0.3) is 0 Å². The van der Waals surface area contributed by atoms with Gasteiger partial charge >= 0.3 is 0 Å². The Balaban J connectivity index is 1.71. The lowest BCUT2D eigenvalue weighted by Crippen LogP contribution is -2.14. The molecule has 0 unspecified atom stereocenters. The third-order valence-corrected chi connectivity index (χ3v) is 3.90. The van der Waals surface area contributed by atoms with Crippen molar-refractivity contribution in [1.82, 2.24) is 4.98 Å². The molecule has 25 heavy (non-hydrogen) atoms. The molecular formula is C21H21N3O. The SMILES string of the molecule is Cc1cc(C)cc(Nc2ccc(C(=O)Nc3ccccc3C)nc2)c1. The molecule has 4 nitrogen and oxygen atoms in total. The summed E-state index contributed by atoms with van der Waals surface area (Å²) in [6, 6.07) is 17.5. The molecule has 0 spiro atoms. The first-order valence-electron chi connectivity index (χ1n) is 8.19. The number of carbonyl (C=O) groups is 1. The number of nitrogens with zero attached hydrogens (tertiary/aromatic N) is 1. The summed E-state index contributed by atoms with van der Waals surface area (Å²) in [4.78, 5) is 16.6. The Hall–Kier alpha value is -3.14. The molecule has 2 N–H and O–H groups in total. The second-order valence-electron chi connectivity index (χ2n) is 6.20. The smallest absolute Gasteiger partial charge is 0.274 e. The van der Waals surface area contributed by atoms with Gasteiger partial charge in [-0.3, -0.25) is 4.79 Å². The summed E-state index contributed by atoms with van der Waals surface area (Å²) >= 11 is 0. The van der Waals surface area contributed by atoms with E-state index in [4.69, 9.17) is 0 Å². The number of para-hydroxylation sites is 1. The second kappa shape index (κ2) is 7.18. The van der Waals surface area contributed by atoms with Crippen LogP contribution in [-0.4, -0.2) is 10.9 Å². The lowest BCUT2D eigenvalue weighted by Gasteiger charge is -2.10. The van der Waals surface area contributed by atoms with E-state index in [9.17, 15) is 4.79 Å². The van der Waals surface area contributed by atoms with Crippen LogP contribution in [0.5, 0.6) is 0 Å². The van der Waals surface area contributed by atoms with Gasteiger partial charge in [-0.2, -0.15) is 0 Å². The summed E-state index contributed by atoms with van der Waals surface area (Å²) in [6.07, 6.45) is 1.67. The predicted molar refractivity (Wildman–Crippen MR) is 103 cm³/mol. The monoisotopic (exact) mass is 331 g/mol. The Morgan fingerprint density at radius 1 is 0.880 bits per heavy atom. The molecule has 2 aromatic carbocycles. The summed E-state index contributed by atoms with van der Waals surface area (Å²) in [5, 5.41) is 6.21. The molecule has 4 heteroatoms. The lowest BCUT2D eigenvalue weighted by atomic mass is 10.1. The number of anilines is 3. The van der Waals surface area contributed by atoms with E-state index in [0.29, 0.717) is 5.69 Å². The fourth-order valence-corrected chi connectivity index (χ4v) is 2.72. The van der Waals surface area contributed by atoms with E-state index in [2.05, 4.69) is 47.7 Å². The molecule has 0 aliphatic heterocycles. The van der Waals surface area contributed by atoms with Crippen LogP contribution in [-0.2, 0) is 0 Å². The van der Waals surface area contributed by atoms with Crippen LogP contribution in [0.15, 0.2) is 60.8 Å². The topological polar surface area (TPSA) is 54.0 Å². The summed E-state index contributed by atoms with van der Waals surface area (Å²) in [5.74, 6) is -0.216. The van der Waals surface area contributed by atoms with E-state index in [1.807, 2.05) is 37.3 Å². The van der Waals surface area contributed by atoms with Crippen molar-refractivity contribution in [3.63, 3.8) is 0 Å². The van der Waals surface area contributed by atoms with Crippen molar-refractivity contribution in [2.24, 2.45) is 0 Å². The molecule has 3 rings (SSSR count). The van der Waals surface area contributed by atoms with Gasteiger partial charge in [0.15, 0.2) is 0 Å². The van der Waals surface area contributed by atoms with Crippen molar-refractivity contribution in [3.8, 4) is 0 Å². The van der Waals surface area contributed by atoms with Crippen molar-refractivity contribution in [2.45, 2.75) is 20.8 Å². The molecule has 0 radical (unpaired) electrons. The largest absolute Gasteiger partial charge is 0.354 e. The fourth-order valence-electron chi connectivity index (χ4n) is 2.72. The van der Waals surface area contributed by atoms with Gasteiger partial charge in [-0.15, -0.1) is 0 Å². The van der Waals surface area contributed by atoms with E-state index >= 15 is 0 Å². The highest BCUT2D eigenvalue weighted by atomic mass is 16.1. The predicted octanol–water partition coefficient (Wildman–Crippen LogP) is 5.00. The third-order valence-electron chi connectivity index (χ3n) is 3.90. The van der Waals surface area contributed by atoms with Crippen molar-refractivity contribution >= 4 is 23.0 Å². The molecule has 0 saturated heterocycles. The highest BCUT2D eigenvalue weighted by molar-refractivity contribution is 6.03. The number of aryl methyl sites for hydroxylation is 3. The minimum Gasteiger partial charge on any atom is -0.354 e.